The van der Waals surface area contributed by atoms with Crippen LogP contribution in [0.2, 0.25) is 0 Å². The molecule has 27 heavy (non-hydrogen) atoms. The number of hydrogen-bond acceptors (Lipinski definition) is 7. The van der Waals surface area contributed by atoms with Gasteiger partial charge in [0.05, 0.1) is 39.8 Å². The fourth-order valence-corrected chi connectivity index (χ4v) is 3.50. The van der Waals surface area contributed by atoms with E-state index >= 15 is 0 Å². The summed E-state index contributed by atoms with van der Waals surface area (Å²) in [5.41, 5.74) is 2.84. The Morgan fingerprint density at radius 3 is 2.00 bits per heavy atom. The molecule has 1 aromatic heterocycles. The first-order valence-electron chi connectivity index (χ1n) is 8.25. The fourth-order valence-electron chi connectivity index (χ4n) is 2.68. The van der Waals surface area contributed by atoms with Crippen molar-refractivity contribution in [1.29, 1.82) is 0 Å². The highest BCUT2D eigenvalue weighted by Gasteiger charge is 2.17. The Kier molecular flexibility index (Phi) is 5.71. The van der Waals surface area contributed by atoms with Crippen LogP contribution >= 0.6 is 11.3 Å². The maximum absolute atomic E-state index is 5.44. The Morgan fingerprint density at radius 2 is 1.48 bits per heavy atom. The van der Waals surface area contributed by atoms with Gasteiger partial charge in [0, 0.05) is 30.1 Å². The van der Waals surface area contributed by atoms with Gasteiger partial charge in [-0.2, -0.15) is 0 Å². The summed E-state index contributed by atoms with van der Waals surface area (Å²) < 4.78 is 21.5. The fraction of sp³-hybridized carbons (Fsp3) is 0.250. The number of rotatable bonds is 7. The monoisotopic (exact) mass is 386 g/mol. The molecule has 3 rings (SSSR count). The molecule has 0 saturated heterocycles. The Labute approximate surface area is 162 Å². The summed E-state index contributed by atoms with van der Waals surface area (Å²) >= 11 is 1.56. The average Bonchev–Trinajstić information content (AvgIpc) is 3.22. The molecule has 3 aromatic rings. The molecule has 0 radical (unpaired) electrons. The van der Waals surface area contributed by atoms with Crippen LogP contribution < -0.4 is 23.8 Å². The molecule has 142 valence electrons. The van der Waals surface area contributed by atoms with Gasteiger partial charge in [-0.1, -0.05) is 0 Å². The van der Waals surface area contributed by atoms with Gasteiger partial charge in [-0.05, 0) is 24.3 Å². The van der Waals surface area contributed by atoms with Crippen LogP contribution in [0.4, 0.5) is 10.8 Å². The molecule has 7 heteroatoms. The Bertz CT molecular complexity index is 884. The van der Waals surface area contributed by atoms with Gasteiger partial charge < -0.3 is 23.8 Å². The first-order chi connectivity index (χ1) is 13.1. The molecule has 0 fully saturated rings. The van der Waals surface area contributed by atoms with Crippen molar-refractivity contribution in [2.75, 3.05) is 40.4 Å². The number of hydrogen-bond donors (Lipinski definition) is 0. The minimum absolute atomic E-state index is 0.565. The van der Waals surface area contributed by atoms with Crippen molar-refractivity contribution in [2.45, 2.75) is 0 Å². The molecule has 0 saturated carbocycles. The highest BCUT2D eigenvalue weighted by Crippen LogP contribution is 2.42. The summed E-state index contributed by atoms with van der Waals surface area (Å²) in [7, 11) is 8.41. The molecular weight excluding hydrogens is 364 g/mol. The lowest BCUT2D eigenvalue weighted by Gasteiger charge is -2.20. The second-order valence-electron chi connectivity index (χ2n) is 5.69. The molecule has 0 bridgehead atoms. The Hall–Kier alpha value is -2.93. The predicted molar refractivity (Wildman–Crippen MR) is 108 cm³/mol. The van der Waals surface area contributed by atoms with Crippen molar-refractivity contribution in [3.05, 3.63) is 41.8 Å². The Balaban J connectivity index is 1.92. The van der Waals surface area contributed by atoms with Crippen molar-refractivity contribution >= 4 is 22.2 Å². The molecular formula is C20H22N2O4S. The van der Waals surface area contributed by atoms with Gasteiger partial charge in [0.15, 0.2) is 16.6 Å². The van der Waals surface area contributed by atoms with E-state index in [2.05, 4.69) is 0 Å². The van der Waals surface area contributed by atoms with Crippen molar-refractivity contribution in [1.82, 2.24) is 4.98 Å². The molecule has 0 amide bonds. The summed E-state index contributed by atoms with van der Waals surface area (Å²) in [5.74, 6) is 2.59. The SMILES string of the molecule is COc1ccc(-c2csc(N(C)c3cc(OC)c(OC)c(OC)c3)n2)cc1. The zero-order chi connectivity index (χ0) is 19.4. The van der Waals surface area contributed by atoms with Gasteiger partial charge in [0.2, 0.25) is 5.75 Å². The molecule has 0 spiro atoms. The van der Waals surface area contributed by atoms with Gasteiger partial charge in [0.1, 0.15) is 5.75 Å². The van der Waals surface area contributed by atoms with Gasteiger partial charge in [-0.25, -0.2) is 4.98 Å². The smallest absolute Gasteiger partial charge is 0.203 e. The van der Waals surface area contributed by atoms with Crippen LogP contribution in [0.15, 0.2) is 41.8 Å². The van der Waals surface area contributed by atoms with E-state index in [4.69, 9.17) is 23.9 Å². The number of benzene rings is 2. The van der Waals surface area contributed by atoms with Crippen molar-refractivity contribution < 1.29 is 18.9 Å². The standard InChI is InChI=1S/C20H22N2O4S/c1-22(14-10-17(24-3)19(26-5)18(11-14)25-4)20-21-16(12-27-20)13-6-8-15(23-2)9-7-13/h6-12H,1-5H3. The maximum Gasteiger partial charge on any atom is 0.203 e. The van der Waals surface area contributed by atoms with E-state index in [9.17, 15) is 0 Å². The summed E-state index contributed by atoms with van der Waals surface area (Å²) in [5, 5.41) is 2.89. The van der Waals surface area contributed by atoms with Gasteiger partial charge in [-0.15, -0.1) is 11.3 Å². The first-order valence-corrected chi connectivity index (χ1v) is 9.13. The highest BCUT2D eigenvalue weighted by molar-refractivity contribution is 7.14. The van der Waals surface area contributed by atoms with Crippen LogP contribution in [0.1, 0.15) is 0 Å². The zero-order valence-corrected chi connectivity index (χ0v) is 16.8. The van der Waals surface area contributed by atoms with Crippen LogP contribution in [0.25, 0.3) is 11.3 Å². The lowest BCUT2D eigenvalue weighted by molar-refractivity contribution is 0.324. The van der Waals surface area contributed by atoms with E-state index in [1.165, 1.54) is 0 Å². The third-order valence-corrected chi connectivity index (χ3v) is 5.12. The van der Waals surface area contributed by atoms with E-state index in [-0.39, 0.29) is 0 Å². The Morgan fingerprint density at radius 1 is 0.852 bits per heavy atom. The zero-order valence-electron chi connectivity index (χ0n) is 16.0. The molecule has 0 aliphatic carbocycles. The van der Waals surface area contributed by atoms with E-state index < -0.39 is 0 Å². The van der Waals surface area contributed by atoms with E-state index in [1.54, 1.807) is 39.8 Å². The predicted octanol–water partition coefficient (Wildman–Crippen LogP) is 4.61. The minimum atomic E-state index is 0.565. The molecule has 0 atom stereocenters. The minimum Gasteiger partial charge on any atom is -0.497 e. The lowest BCUT2D eigenvalue weighted by Crippen LogP contribution is -2.10. The largest absolute Gasteiger partial charge is 0.497 e. The second-order valence-corrected chi connectivity index (χ2v) is 6.52. The molecule has 0 aliphatic heterocycles. The van der Waals surface area contributed by atoms with Crippen LogP contribution in [0.3, 0.4) is 0 Å². The molecule has 0 aliphatic rings. The van der Waals surface area contributed by atoms with Crippen molar-refractivity contribution in [2.24, 2.45) is 0 Å². The summed E-state index contributed by atoms with van der Waals surface area (Å²) in [6.45, 7) is 0. The number of thiazole rings is 1. The second kappa shape index (κ2) is 8.18. The summed E-state index contributed by atoms with van der Waals surface area (Å²) in [6, 6.07) is 11.6. The van der Waals surface area contributed by atoms with Crippen molar-refractivity contribution in [3.8, 4) is 34.3 Å². The van der Waals surface area contributed by atoms with Crippen LogP contribution in [-0.2, 0) is 0 Å². The number of nitrogens with zero attached hydrogens (tertiary/aromatic N) is 2. The normalized spacial score (nSPS) is 10.4. The number of methoxy groups -OCH3 is 4. The molecule has 2 aromatic carbocycles. The van der Waals surface area contributed by atoms with Gasteiger partial charge in [-0.3, -0.25) is 0 Å². The van der Waals surface area contributed by atoms with Crippen LogP contribution in [0.5, 0.6) is 23.0 Å². The van der Waals surface area contributed by atoms with Gasteiger partial charge >= 0.3 is 0 Å². The molecule has 0 unspecified atom stereocenters. The quantitative estimate of drug-likeness (QED) is 0.591. The molecule has 6 nitrogen and oxygen atoms in total. The van der Waals surface area contributed by atoms with Gasteiger partial charge in [0.25, 0.3) is 0 Å². The van der Waals surface area contributed by atoms with E-state index in [0.29, 0.717) is 17.2 Å². The lowest BCUT2D eigenvalue weighted by atomic mass is 10.2. The van der Waals surface area contributed by atoms with E-state index in [0.717, 1.165) is 27.8 Å². The topological polar surface area (TPSA) is 53.1 Å². The van der Waals surface area contributed by atoms with E-state index in [1.807, 2.05) is 53.7 Å². The highest BCUT2D eigenvalue weighted by atomic mass is 32.1. The molecule has 1 heterocycles. The number of aromatic nitrogens is 1. The average molecular weight is 386 g/mol. The number of anilines is 2. The van der Waals surface area contributed by atoms with Crippen LogP contribution in [0, 0.1) is 0 Å². The summed E-state index contributed by atoms with van der Waals surface area (Å²) in [6.07, 6.45) is 0. The maximum atomic E-state index is 5.44. The third-order valence-electron chi connectivity index (χ3n) is 4.20. The summed E-state index contributed by atoms with van der Waals surface area (Å²) in [4.78, 5) is 6.74. The molecule has 0 N–H and O–H groups in total. The van der Waals surface area contributed by atoms with Crippen LogP contribution in [-0.4, -0.2) is 40.5 Å². The first kappa shape index (κ1) is 18.8. The third kappa shape index (κ3) is 3.78. The van der Waals surface area contributed by atoms with Crippen molar-refractivity contribution in [3.63, 3.8) is 0 Å². The number of ether oxygens (including phenoxy) is 4.